The van der Waals surface area contributed by atoms with Gasteiger partial charge >= 0.3 is 0 Å². The minimum absolute atomic E-state index is 0.282. The highest BCUT2D eigenvalue weighted by Gasteiger charge is 2.06. The second-order valence-corrected chi connectivity index (χ2v) is 4.02. The maximum Gasteiger partial charge on any atom is 0.0564 e. The van der Waals surface area contributed by atoms with E-state index in [-0.39, 0.29) is 12.7 Å². The van der Waals surface area contributed by atoms with Crippen molar-refractivity contribution in [3.05, 3.63) is 0 Å². The Morgan fingerprint density at radius 2 is 1.50 bits per heavy atom. The van der Waals surface area contributed by atoms with Crippen molar-refractivity contribution < 1.29 is 15.3 Å². The molecule has 0 heterocycles. The van der Waals surface area contributed by atoms with Crippen molar-refractivity contribution in [2.75, 3.05) is 6.61 Å². The Kier molecular flexibility index (Phi) is 9.35. The summed E-state index contributed by atoms with van der Waals surface area (Å²) < 4.78 is 0. The van der Waals surface area contributed by atoms with Gasteiger partial charge < -0.3 is 15.3 Å². The van der Waals surface area contributed by atoms with Crippen molar-refractivity contribution >= 4 is 0 Å². The molecule has 0 aromatic rings. The van der Waals surface area contributed by atoms with E-state index < -0.39 is 6.10 Å². The van der Waals surface area contributed by atoms with E-state index in [1.807, 2.05) is 0 Å². The molecular weight excluding hydrogens is 180 g/mol. The fraction of sp³-hybridized carbons (Fsp3) is 1.00. The van der Waals surface area contributed by atoms with Crippen molar-refractivity contribution in [1.29, 1.82) is 0 Å². The lowest BCUT2D eigenvalue weighted by Gasteiger charge is -2.11. The lowest BCUT2D eigenvalue weighted by Crippen LogP contribution is -2.14. The fourth-order valence-electron chi connectivity index (χ4n) is 1.53. The third-order valence-corrected chi connectivity index (χ3v) is 2.31. The number of rotatable bonds is 9. The largest absolute Gasteiger partial charge is 0.396 e. The molecule has 0 fully saturated rings. The van der Waals surface area contributed by atoms with E-state index in [0.29, 0.717) is 6.42 Å². The summed E-state index contributed by atoms with van der Waals surface area (Å²) in [6, 6.07) is 0. The van der Waals surface area contributed by atoms with Crippen molar-refractivity contribution in [3.8, 4) is 0 Å². The normalized spacial score (nSPS) is 15.4. The molecule has 0 aliphatic rings. The van der Waals surface area contributed by atoms with Gasteiger partial charge in [-0.05, 0) is 26.2 Å². The zero-order chi connectivity index (χ0) is 10.8. The van der Waals surface area contributed by atoms with Crippen molar-refractivity contribution in [2.45, 2.75) is 64.1 Å². The molecule has 3 N–H and O–H groups in total. The van der Waals surface area contributed by atoms with Crippen LogP contribution in [-0.4, -0.2) is 34.1 Å². The first-order valence-corrected chi connectivity index (χ1v) is 5.63. The van der Waals surface area contributed by atoms with E-state index in [2.05, 4.69) is 0 Å². The van der Waals surface area contributed by atoms with Gasteiger partial charge in [0.25, 0.3) is 0 Å². The molecule has 2 atom stereocenters. The minimum Gasteiger partial charge on any atom is -0.396 e. The second kappa shape index (κ2) is 9.44. The van der Waals surface area contributed by atoms with Crippen LogP contribution in [0.25, 0.3) is 0 Å². The first kappa shape index (κ1) is 13.9. The van der Waals surface area contributed by atoms with Crippen LogP contribution >= 0.6 is 0 Å². The van der Waals surface area contributed by atoms with E-state index >= 15 is 0 Å². The summed E-state index contributed by atoms with van der Waals surface area (Å²) in [4.78, 5) is 0. The predicted molar refractivity (Wildman–Crippen MR) is 57.1 cm³/mol. The molecule has 3 heteroatoms. The zero-order valence-corrected chi connectivity index (χ0v) is 9.15. The molecule has 0 aliphatic heterocycles. The topological polar surface area (TPSA) is 60.7 Å². The highest BCUT2D eigenvalue weighted by molar-refractivity contribution is 4.59. The van der Waals surface area contributed by atoms with Crippen molar-refractivity contribution in [2.24, 2.45) is 0 Å². The summed E-state index contributed by atoms with van der Waals surface area (Å²) >= 11 is 0. The maximum absolute atomic E-state index is 9.42. The summed E-state index contributed by atoms with van der Waals surface area (Å²) in [5.74, 6) is 0. The van der Waals surface area contributed by atoms with Gasteiger partial charge in [-0.3, -0.25) is 0 Å². The molecule has 0 aromatic carbocycles. The smallest absolute Gasteiger partial charge is 0.0564 e. The minimum atomic E-state index is -0.403. The molecule has 0 aliphatic carbocycles. The highest BCUT2D eigenvalue weighted by atomic mass is 16.3. The average Bonchev–Trinajstić information content (AvgIpc) is 2.10. The van der Waals surface area contributed by atoms with Gasteiger partial charge in [0.15, 0.2) is 0 Å². The Labute approximate surface area is 86.8 Å². The molecule has 2 unspecified atom stereocenters. The maximum atomic E-state index is 9.42. The Balaban J connectivity index is 3.10. The van der Waals surface area contributed by atoms with Crippen LogP contribution in [-0.2, 0) is 0 Å². The second-order valence-electron chi connectivity index (χ2n) is 4.02. The monoisotopic (exact) mass is 204 g/mol. The summed E-state index contributed by atoms with van der Waals surface area (Å²) in [6.45, 7) is 1.98. The highest BCUT2D eigenvalue weighted by Crippen LogP contribution is 2.10. The van der Waals surface area contributed by atoms with Crippen LogP contribution in [0, 0.1) is 0 Å². The zero-order valence-electron chi connectivity index (χ0n) is 9.15. The van der Waals surface area contributed by atoms with Gasteiger partial charge in [-0.1, -0.05) is 25.7 Å². The van der Waals surface area contributed by atoms with Gasteiger partial charge in [0.1, 0.15) is 0 Å². The molecule has 0 radical (unpaired) electrons. The van der Waals surface area contributed by atoms with Crippen LogP contribution in [0.4, 0.5) is 0 Å². The van der Waals surface area contributed by atoms with Crippen LogP contribution in [0.15, 0.2) is 0 Å². The summed E-state index contributed by atoms with van der Waals surface area (Å²) in [5, 5.41) is 27.0. The summed E-state index contributed by atoms with van der Waals surface area (Å²) in [7, 11) is 0. The van der Waals surface area contributed by atoms with Gasteiger partial charge in [0.2, 0.25) is 0 Å². The number of hydrogen-bond acceptors (Lipinski definition) is 3. The van der Waals surface area contributed by atoms with Crippen LogP contribution < -0.4 is 0 Å². The lowest BCUT2D eigenvalue weighted by atomic mass is 10.0. The van der Waals surface area contributed by atoms with Gasteiger partial charge in [-0.2, -0.15) is 0 Å². The van der Waals surface area contributed by atoms with Crippen molar-refractivity contribution in [3.63, 3.8) is 0 Å². The molecule has 3 nitrogen and oxygen atoms in total. The Hall–Kier alpha value is -0.120. The van der Waals surface area contributed by atoms with Crippen LogP contribution in [0.3, 0.4) is 0 Å². The quantitative estimate of drug-likeness (QED) is 0.498. The molecule has 0 saturated carbocycles. The molecule has 0 rings (SSSR count). The summed E-state index contributed by atoms with van der Waals surface area (Å²) in [6.07, 6.45) is 5.71. The van der Waals surface area contributed by atoms with Crippen LogP contribution in [0.1, 0.15) is 51.9 Å². The van der Waals surface area contributed by atoms with E-state index in [0.717, 1.165) is 38.5 Å². The van der Waals surface area contributed by atoms with Gasteiger partial charge in [0, 0.05) is 6.61 Å². The molecule has 0 saturated heterocycles. The molecule has 14 heavy (non-hydrogen) atoms. The Morgan fingerprint density at radius 3 is 2.07 bits per heavy atom. The lowest BCUT2D eigenvalue weighted by molar-refractivity contribution is 0.0833. The molecule has 86 valence electrons. The number of hydrogen-bond donors (Lipinski definition) is 3. The molecule has 0 amide bonds. The van der Waals surface area contributed by atoms with Gasteiger partial charge in [-0.15, -0.1) is 0 Å². The Morgan fingerprint density at radius 1 is 0.929 bits per heavy atom. The molecule has 0 spiro atoms. The average molecular weight is 204 g/mol. The van der Waals surface area contributed by atoms with E-state index in [4.69, 9.17) is 10.2 Å². The van der Waals surface area contributed by atoms with Crippen LogP contribution in [0.2, 0.25) is 0 Å². The van der Waals surface area contributed by atoms with E-state index in [1.165, 1.54) is 0 Å². The van der Waals surface area contributed by atoms with E-state index in [9.17, 15) is 5.11 Å². The number of aliphatic hydroxyl groups excluding tert-OH is 3. The molecular formula is C11H24O3. The first-order valence-electron chi connectivity index (χ1n) is 5.63. The standard InChI is InChI=1S/C11H24O3/c1-10(13)9-11(14)7-5-3-2-4-6-8-12/h10-14H,2-9H2,1H3. The van der Waals surface area contributed by atoms with Crippen LogP contribution in [0.5, 0.6) is 0 Å². The van der Waals surface area contributed by atoms with Crippen molar-refractivity contribution in [1.82, 2.24) is 0 Å². The number of aliphatic hydroxyl groups is 3. The van der Waals surface area contributed by atoms with Gasteiger partial charge in [0.05, 0.1) is 12.2 Å². The SMILES string of the molecule is CC(O)CC(O)CCCCCCCO. The Bertz CT molecular complexity index is 115. The fourth-order valence-corrected chi connectivity index (χ4v) is 1.53. The third kappa shape index (κ3) is 9.96. The third-order valence-electron chi connectivity index (χ3n) is 2.31. The van der Waals surface area contributed by atoms with E-state index in [1.54, 1.807) is 6.92 Å². The molecule has 0 bridgehead atoms. The molecule has 0 aromatic heterocycles. The number of unbranched alkanes of at least 4 members (excludes halogenated alkanes) is 4. The summed E-state index contributed by atoms with van der Waals surface area (Å²) in [5.41, 5.74) is 0. The first-order chi connectivity index (χ1) is 6.66. The van der Waals surface area contributed by atoms with Gasteiger partial charge in [-0.25, -0.2) is 0 Å². The predicted octanol–water partition coefficient (Wildman–Crippen LogP) is 1.45.